The second kappa shape index (κ2) is 7.27. The highest BCUT2D eigenvalue weighted by Gasteiger charge is 2.17. The standard InChI is InChI=1S/C17H16N4O2S/c1-12-3-5-14(6-4-12)21-16(13-7-9-18-10-8-13)19-20-17(21)24-11-15(22)23-2/h3-10H,11H2,1-2H3. The van der Waals surface area contributed by atoms with Crippen LogP contribution in [0, 0.1) is 6.92 Å². The fourth-order valence-corrected chi connectivity index (χ4v) is 2.94. The number of benzene rings is 1. The van der Waals surface area contributed by atoms with Gasteiger partial charge < -0.3 is 4.74 Å². The number of hydrogen-bond acceptors (Lipinski definition) is 6. The normalized spacial score (nSPS) is 10.6. The summed E-state index contributed by atoms with van der Waals surface area (Å²) in [4.78, 5) is 15.5. The van der Waals surface area contributed by atoms with E-state index in [1.54, 1.807) is 12.4 Å². The minimum atomic E-state index is -0.302. The summed E-state index contributed by atoms with van der Waals surface area (Å²) in [6.45, 7) is 2.03. The molecule has 122 valence electrons. The van der Waals surface area contributed by atoms with Crippen molar-refractivity contribution in [3.05, 3.63) is 54.4 Å². The molecule has 3 aromatic rings. The molecule has 0 aliphatic heterocycles. The van der Waals surface area contributed by atoms with Crippen molar-refractivity contribution in [1.82, 2.24) is 19.7 Å². The number of hydrogen-bond donors (Lipinski definition) is 0. The van der Waals surface area contributed by atoms with Crippen molar-refractivity contribution >= 4 is 17.7 Å². The third kappa shape index (κ3) is 3.46. The zero-order chi connectivity index (χ0) is 16.9. The van der Waals surface area contributed by atoms with Crippen LogP contribution in [0.4, 0.5) is 0 Å². The Balaban J connectivity index is 2.05. The van der Waals surface area contributed by atoms with Crippen molar-refractivity contribution in [3.8, 4) is 17.1 Å². The van der Waals surface area contributed by atoms with E-state index >= 15 is 0 Å². The van der Waals surface area contributed by atoms with Gasteiger partial charge in [-0.2, -0.15) is 0 Å². The topological polar surface area (TPSA) is 69.9 Å². The molecule has 0 aliphatic carbocycles. The molecule has 0 amide bonds. The number of pyridine rings is 1. The SMILES string of the molecule is COC(=O)CSc1nnc(-c2ccncc2)n1-c1ccc(C)cc1. The van der Waals surface area contributed by atoms with Gasteiger partial charge in [0.1, 0.15) is 0 Å². The van der Waals surface area contributed by atoms with Crippen molar-refractivity contribution in [2.45, 2.75) is 12.1 Å². The molecule has 0 spiro atoms. The Bertz CT molecular complexity index is 832. The number of rotatable bonds is 5. The van der Waals surface area contributed by atoms with E-state index in [2.05, 4.69) is 15.2 Å². The summed E-state index contributed by atoms with van der Waals surface area (Å²) in [7, 11) is 1.37. The number of esters is 1. The van der Waals surface area contributed by atoms with Crippen LogP contribution in [-0.2, 0) is 9.53 Å². The second-order valence-electron chi connectivity index (χ2n) is 5.08. The maximum absolute atomic E-state index is 11.4. The zero-order valence-corrected chi connectivity index (χ0v) is 14.2. The molecule has 7 heteroatoms. The van der Waals surface area contributed by atoms with Crippen molar-refractivity contribution < 1.29 is 9.53 Å². The van der Waals surface area contributed by atoms with E-state index < -0.39 is 0 Å². The van der Waals surface area contributed by atoms with Crippen molar-refractivity contribution in [2.24, 2.45) is 0 Å². The average molecular weight is 340 g/mol. The summed E-state index contributed by atoms with van der Waals surface area (Å²) in [5, 5.41) is 9.18. The zero-order valence-electron chi connectivity index (χ0n) is 13.3. The lowest BCUT2D eigenvalue weighted by atomic mass is 10.2. The Labute approximate surface area is 143 Å². The number of thioether (sulfide) groups is 1. The summed E-state index contributed by atoms with van der Waals surface area (Å²) >= 11 is 1.29. The first-order valence-electron chi connectivity index (χ1n) is 7.31. The molecule has 0 unspecified atom stereocenters. The lowest BCUT2D eigenvalue weighted by Crippen LogP contribution is -2.05. The van der Waals surface area contributed by atoms with Crippen LogP contribution >= 0.6 is 11.8 Å². The van der Waals surface area contributed by atoms with Gasteiger partial charge in [-0.25, -0.2) is 0 Å². The van der Waals surface area contributed by atoms with Crippen molar-refractivity contribution in [1.29, 1.82) is 0 Å². The van der Waals surface area contributed by atoms with Gasteiger partial charge in [-0.15, -0.1) is 10.2 Å². The quantitative estimate of drug-likeness (QED) is 0.525. The van der Waals surface area contributed by atoms with Crippen LogP contribution in [0.5, 0.6) is 0 Å². The summed E-state index contributed by atoms with van der Waals surface area (Å²) < 4.78 is 6.63. The largest absolute Gasteiger partial charge is 0.468 e. The van der Waals surface area contributed by atoms with Gasteiger partial charge in [-0.3, -0.25) is 14.3 Å². The minimum absolute atomic E-state index is 0.177. The van der Waals surface area contributed by atoms with Gasteiger partial charge in [0, 0.05) is 23.6 Å². The van der Waals surface area contributed by atoms with Crippen LogP contribution in [0.25, 0.3) is 17.1 Å². The molecule has 0 bridgehead atoms. The first kappa shape index (κ1) is 16.2. The van der Waals surface area contributed by atoms with Crippen LogP contribution in [0.15, 0.2) is 53.9 Å². The first-order chi connectivity index (χ1) is 11.7. The fraction of sp³-hybridized carbons (Fsp3) is 0.176. The van der Waals surface area contributed by atoms with E-state index in [4.69, 9.17) is 4.74 Å². The molecule has 0 radical (unpaired) electrons. The van der Waals surface area contributed by atoms with Gasteiger partial charge in [0.05, 0.1) is 12.9 Å². The number of nitrogens with zero attached hydrogens (tertiary/aromatic N) is 4. The number of aryl methyl sites for hydroxylation is 1. The molecule has 3 rings (SSSR count). The van der Waals surface area contributed by atoms with Gasteiger partial charge in [0.2, 0.25) is 0 Å². The third-order valence-corrected chi connectivity index (χ3v) is 4.31. The molecule has 1 aromatic carbocycles. The molecule has 0 saturated heterocycles. The number of carbonyl (C=O) groups excluding carboxylic acids is 1. The van der Waals surface area contributed by atoms with Crippen LogP contribution < -0.4 is 0 Å². The maximum Gasteiger partial charge on any atom is 0.316 e. The summed E-state index contributed by atoms with van der Waals surface area (Å²) in [5.41, 5.74) is 3.01. The molecule has 24 heavy (non-hydrogen) atoms. The smallest absolute Gasteiger partial charge is 0.316 e. The van der Waals surface area contributed by atoms with Gasteiger partial charge in [0.15, 0.2) is 11.0 Å². The maximum atomic E-state index is 11.4. The van der Waals surface area contributed by atoms with Crippen molar-refractivity contribution in [3.63, 3.8) is 0 Å². The van der Waals surface area contributed by atoms with Gasteiger partial charge in [0.25, 0.3) is 0 Å². The molecule has 6 nitrogen and oxygen atoms in total. The third-order valence-electron chi connectivity index (χ3n) is 3.41. The summed E-state index contributed by atoms with van der Waals surface area (Å²) in [6.07, 6.45) is 3.43. The van der Waals surface area contributed by atoms with E-state index in [1.165, 1.54) is 24.4 Å². The highest BCUT2D eigenvalue weighted by molar-refractivity contribution is 7.99. The molecular weight excluding hydrogens is 324 g/mol. The van der Waals surface area contributed by atoms with Gasteiger partial charge in [-0.1, -0.05) is 29.5 Å². The fourth-order valence-electron chi connectivity index (χ4n) is 2.16. The highest BCUT2D eigenvalue weighted by Crippen LogP contribution is 2.27. The lowest BCUT2D eigenvalue weighted by molar-refractivity contribution is -0.137. The molecule has 0 atom stereocenters. The minimum Gasteiger partial charge on any atom is -0.468 e. The molecule has 0 N–H and O–H groups in total. The molecular formula is C17H16N4O2S. The monoisotopic (exact) mass is 340 g/mol. The molecule has 2 aromatic heterocycles. The second-order valence-corrected chi connectivity index (χ2v) is 6.02. The average Bonchev–Trinajstić information content (AvgIpc) is 3.05. The van der Waals surface area contributed by atoms with Gasteiger partial charge >= 0.3 is 5.97 Å². The van der Waals surface area contributed by atoms with E-state index in [1.807, 2.05) is 47.9 Å². The predicted octanol–water partition coefficient (Wildman–Crippen LogP) is 2.90. The Morgan fingerprint density at radius 2 is 1.83 bits per heavy atom. The van der Waals surface area contributed by atoms with E-state index in [0.717, 1.165) is 11.3 Å². The van der Waals surface area contributed by atoms with E-state index in [-0.39, 0.29) is 11.7 Å². The summed E-state index contributed by atoms with van der Waals surface area (Å²) in [6, 6.07) is 11.8. The van der Waals surface area contributed by atoms with E-state index in [9.17, 15) is 4.79 Å². The first-order valence-corrected chi connectivity index (χ1v) is 8.30. The molecule has 2 heterocycles. The number of ether oxygens (including phenoxy) is 1. The number of methoxy groups -OCH3 is 1. The molecule has 0 aliphatic rings. The molecule has 0 fully saturated rings. The lowest BCUT2D eigenvalue weighted by Gasteiger charge is -2.10. The van der Waals surface area contributed by atoms with Crippen LogP contribution in [0.3, 0.4) is 0 Å². The van der Waals surface area contributed by atoms with Crippen LogP contribution in [0.1, 0.15) is 5.56 Å². The van der Waals surface area contributed by atoms with Crippen LogP contribution in [0.2, 0.25) is 0 Å². The number of carbonyl (C=O) groups is 1. The van der Waals surface area contributed by atoms with Crippen molar-refractivity contribution in [2.75, 3.05) is 12.9 Å². The Morgan fingerprint density at radius 1 is 1.12 bits per heavy atom. The Morgan fingerprint density at radius 3 is 2.50 bits per heavy atom. The van der Waals surface area contributed by atoms with Gasteiger partial charge in [-0.05, 0) is 31.2 Å². The van der Waals surface area contributed by atoms with Crippen LogP contribution in [-0.4, -0.2) is 38.6 Å². The van der Waals surface area contributed by atoms with E-state index in [0.29, 0.717) is 11.0 Å². The Hall–Kier alpha value is -2.67. The Kier molecular flexibility index (Phi) is 4.90. The summed E-state index contributed by atoms with van der Waals surface area (Å²) in [5.74, 6) is 0.578. The molecule has 0 saturated carbocycles. The predicted molar refractivity (Wildman–Crippen MR) is 92.1 cm³/mol. The highest BCUT2D eigenvalue weighted by atomic mass is 32.2. The number of aromatic nitrogens is 4.